The maximum Gasteiger partial charge on any atom is 0.123 e. The lowest BCUT2D eigenvalue weighted by Gasteiger charge is -2.04. The second-order valence-electron chi connectivity index (χ2n) is 4.77. The van der Waals surface area contributed by atoms with E-state index in [1.807, 2.05) is 25.4 Å². The highest BCUT2D eigenvalue weighted by Gasteiger charge is 2.12. The van der Waals surface area contributed by atoms with Crippen molar-refractivity contribution >= 4 is 0 Å². The van der Waals surface area contributed by atoms with E-state index in [0.29, 0.717) is 5.69 Å². The Bertz CT molecular complexity index is 765. The van der Waals surface area contributed by atoms with E-state index in [0.717, 1.165) is 22.4 Å². The van der Waals surface area contributed by atoms with Gasteiger partial charge in [-0.15, -0.1) is 0 Å². The molecule has 3 aromatic rings. The van der Waals surface area contributed by atoms with Gasteiger partial charge in [-0.25, -0.2) is 4.39 Å². The van der Waals surface area contributed by atoms with E-state index < -0.39 is 0 Å². The van der Waals surface area contributed by atoms with Crippen LogP contribution in [0.5, 0.6) is 0 Å². The maximum absolute atomic E-state index is 13.1. The summed E-state index contributed by atoms with van der Waals surface area (Å²) >= 11 is 0. The summed E-state index contributed by atoms with van der Waals surface area (Å²) in [5, 5.41) is 13.7. The summed E-state index contributed by atoms with van der Waals surface area (Å²) in [4.78, 5) is 4.08. The number of hydrogen-bond acceptors (Lipinski definition) is 3. The first-order chi connectivity index (χ1) is 10.2. The zero-order valence-corrected chi connectivity index (χ0v) is 11.5. The Hall–Kier alpha value is -2.53. The monoisotopic (exact) mass is 283 g/mol. The normalized spacial score (nSPS) is 10.8. The van der Waals surface area contributed by atoms with Crippen molar-refractivity contribution in [3.8, 4) is 22.4 Å². The van der Waals surface area contributed by atoms with Crippen LogP contribution < -0.4 is 0 Å². The van der Waals surface area contributed by atoms with Crippen LogP contribution in [0.15, 0.2) is 48.8 Å². The molecule has 3 rings (SSSR count). The van der Waals surface area contributed by atoms with Crippen LogP contribution in [0.2, 0.25) is 0 Å². The maximum atomic E-state index is 13.1. The van der Waals surface area contributed by atoms with Gasteiger partial charge in [0.05, 0.1) is 12.3 Å². The van der Waals surface area contributed by atoms with Crippen molar-refractivity contribution in [2.24, 2.45) is 7.05 Å². The Morgan fingerprint density at radius 1 is 1.14 bits per heavy atom. The lowest BCUT2D eigenvalue weighted by Crippen LogP contribution is -1.90. The topological polar surface area (TPSA) is 50.9 Å². The first-order valence-electron chi connectivity index (χ1n) is 6.53. The molecule has 21 heavy (non-hydrogen) atoms. The average molecular weight is 283 g/mol. The van der Waals surface area contributed by atoms with Crippen LogP contribution in [-0.4, -0.2) is 19.9 Å². The van der Waals surface area contributed by atoms with E-state index in [2.05, 4.69) is 10.1 Å². The number of aliphatic hydroxyl groups is 1. The number of aryl methyl sites for hydroxylation is 1. The smallest absolute Gasteiger partial charge is 0.123 e. The molecule has 4 nitrogen and oxygen atoms in total. The average Bonchev–Trinajstić information content (AvgIpc) is 2.90. The van der Waals surface area contributed by atoms with Gasteiger partial charge in [0, 0.05) is 30.6 Å². The van der Waals surface area contributed by atoms with Crippen LogP contribution >= 0.6 is 0 Å². The summed E-state index contributed by atoms with van der Waals surface area (Å²) < 4.78 is 14.8. The van der Waals surface area contributed by atoms with Gasteiger partial charge in [0.15, 0.2) is 0 Å². The summed E-state index contributed by atoms with van der Waals surface area (Å²) in [7, 11) is 1.84. The van der Waals surface area contributed by atoms with Crippen molar-refractivity contribution in [2.75, 3.05) is 0 Å². The molecule has 5 heteroatoms. The minimum Gasteiger partial charge on any atom is -0.390 e. The number of rotatable bonds is 3. The van der Waals surface area contributed by atoms with Gasteiger partial charge in [0.2, 0.25) is 0 Å². The second kappa shape index (κ2) is 5.46. The molecule has 0 aliphatic rings. The number of aliphatic hydroxyl groups excluding tert-OH is 1. The first-order valence-corrected chi connectivity index (χ1v) is 6.53. The van der Waals surface area contributed by atoms with E-state index in [-0.39, 0.29) is 12.4 Å². The van der Waals surface area contributed by atoms with Crippen LogP contribution in [0.3, 0.4) is 0 Å². The number of nitrogens with zero attached hydrogens (tertiary/aromatic N) is 3. The second-order valence-corrected chi connectivity index (χ2v) is 4.77. The van der Waals surface area contributed by atoms with Crippen molar-refractivity contribution in [2.45, 2.75) is 6.61 Å². The van der Waals surface area contributed by atoms with Crippen molar-refractivity contribution in [3.63, 3.8) is 0 Å². The molecule has 0 radical (unpaired) electrons. The van der Waals surface area contributed by atoms with Gasteiger partial charge < -0.3 is 5.11 Å². The fraction of sp³-hybridized carbons (Fsp3) is 0.125. The van der Waals surface area contributed by atoms with Crippen LogP contribution in [-0.2, 0) is 13.7 Å². The van der Waals surface area contributed by atoms with Crippen molar-refractivity contribution in [1.82, 2.24) is 14.8 Å². The van der Waals surface area contributed by atoms with E-state index in [1.54, 1.807) is 23.0 Å². The standard InChI is InChI=1S/C16H14FN3O/c1-20-9-15(12-6-7-18-14(8-12)10-21)16(19-20)11-2-4-13(17)5-3-11/h2-9,21H,10H2,1H3. The van der Waals surface area contributed by atoms with Gasteiger partial charge >= 0.3 is 0 Å². The summed E-state index contributed by atoms with van der Waals surface area (Å²) in [5.74, 6) is -0.275. The number of hydrogen-bond donors (Lipinski definition) is 1. The van der Waals surface area contributed by atoms with Gasteiger partial charge in [-0.3, -0.25) is 9.67 Å². The predicted octanol–water partition coefficient (Wildman–Crippen LogP) is 2.78. The molecule has 0 spiro atoms. The van der Waals surface area contributed by atoms with Gasteiger partial charge in [-0.2, -0.15) is 5.10 Å². The summed E-state index contributed by atoms with van der Waals surface area (Å²) in [6.07, 6.45) is 3.55. The third-order valence-corrected chi connectivity index (χ3v) is 3.24. The zero-order valence-electron chi connectivity index (χ0n) is 11.5. The minimum atomic E-state index is -0.275. The number of aromatic nitrogens is 3. The molecule has 106 valence electrons. The molecular formula is C16H14FN3O. The molecule has 0 aliphatic carbocycles. The zero-order chi connectivity index (χ0) is 14.8. The first kappa shape index (κ1) is 13.5. The van der Waals surface area contributed by atoms with Crippen molar-refractivity contribution in [3.05, 3.63) is 60.3 Å². The Morgan fingerprint density at radius 2 is 1.90 bits per heavy atom. The number of halogens is 1. The highest BCUT2D eigenvalue weighted by atomic mass is 19.1. The van der Waals surface area contributed by atoms with E-state index in [1.165, 1.54) is 12.1 Å². The summed E-state index contributed by atoms with van der Waals surface area (Å²) in [5.41, 5.74) is 4.05. The highest BCUT2D eigenvalue weighted by Crippen LogP contribution is 2.31. The molecule has 2 heterocycles. The Balaban J connectivity index is 2.13. The summed E-state index contributed by atoms with van der Waals surface area (Å²) in [6.45, 7) is -0.111. The predicted molar refractivity (Wildman–Crippen MR) is 77.8 cm³/mol. The third kappa shape index (κ3) is 2.68. The van der Waals surface area contributed by atoms with Gasteiger partial charge in [0.1, 0.15) is 11.5 Å². The van der Waals surface area contributed by atoms with Crippen LogP contribution in [0.4, 0.5) is 4.39 Å². The molecular weight excluding hydrogens is 269 g/mol. The molecule has 1 aromatic carbocycles. The largest absolute Gasteiger partial charge is 0.390 e. The lowest BCUT2D eigenvalue weighted by atomic mass is 10.0. The van der Waals surface area contributed by atoms with Crippen LogP contribution in [0.25, 0.3) is 22.4 Å². The molecule has 0 saturated carbocycles. The fourth-order valence-electron chi connectivity index (χ4n) is 2.25. The van der Waals surface area contributed by atoms with Gasteiger partial charge in [-0.1, -0.05) is 0 Å². The Kier molecular flexibility index (Phi) is 3.50. The molecule has 0 saturated heterocycles. The van der Waals surface area contributed by atoms with Crippen molar-refractivity contribution < 1.29 is 9.50 Å². The molecule has 1 N–H and O–H groups in total. The molecule has 0 aliphatic heterocycles. The Morgan fingerprint density at radius 3 is 2.62 bits per heavy atom. The highest BCUT2D eigenvalue weighted by molar-refractivity contribution is 5.80. The fourth-order valence-corrected chi connectivity index (χ4v) is 2.25. The SMILES string of the molecule is Cn1cc(-c2ccnc(CO)c2)c(-c2ccc(F)cc2)n1. The van der Waals surface area contributed by atoms with E-state index in [4.69, 9.17) is 0 Å². The molecule has 0 amide bonds. The molecule has 0 bridgehead atoms. The van der Waals surface area contributed by atoms with Gasteiger partial charge in [0.25, 0.3) is 0 Å². The molecule has 2 aromatic heterocycles. The third-order valence-electron chi connectivity index (χ3n) is 3.24. The lowest BCUT2D eigenvalue weighted by molar-refractivity contribution is 0.277. The number of pyridine rings is 1. The Labute approximate surface area is 121 Å². The molecule has 0 atom stereocenters. The van der Waals surface area contributed by atoms with Crippen molar-refractivity contribution in [1.29, 1.82) is 0 Å². The van der Waals surface area contributed by atoms with Crippen LogP contribution in [0.1, 0.15) is 5.69 Å². The number of benzene rings is 1. The van der Waals surface area contributed by atoms with E-state index >= 15 is 0 Å². The van der Waals surface area contributed by atoms with E-state index in [9.17, 15) is 9.50 Å². The molecule has 0 fully saturated rings. The quantitative estimate of drug-likeness (QED) is 0.804. The van der Waals surface area contributed by atoms with Crippen LogP contribution in [0, 0.1) is 5.82 Å². The van der Waals surface area contributed by atoms with Gasteiger partial charge in [-0.05, 0) is 42.0 Å². The molecule has 0 unspecified atom stereocenters. The summed E-state index contributed by atoms with van der Waals surface area (Å²) in [6, 6.07) is 9.93. The minimum absolute atomic E-state index is 0.111.